The third-order valence-electron chi connectivity index (χ3n) is 2.88. The summed E-state index contributed by atoms with van der Waals surface area (Å²) >= 11 is 5.79. The van der Waals surface area contributed by atoms with E-state index in [-0.39, 0.29) is 19.0 Å². The summed E-state index contributed by atoms with van der Waals surface area (Å²) in [4.78, 5) is 11.6. The van der Waals surface area contributed by atoms with Gasteiger partial charge in [0.05, 0.1) is 13.0 Å². The summed E-state index contributed by atoms with van der Waals surface area (Å²) in [7, 11) is 0. The maximum Gasteiger partial charge on any atom is 0.309 e. The molecule has 2 aromatic rings. The molecule has 2 rings (SSSR count). The highest BCUT2D eigenvalue weighted by Crippen LogP contribution is 2.13. The van der Waals surface area contributed by atoms with Crippen molar-refractivity contribution in [1.29, 1.82) is 0 Å². The molecule has 0 radical (unpaired) electrons. The first-order chi connectivity index (χ1) is 10.1. The molecule has 21 heavy (non-hydrogen) atoms. The lowest BCUT2D eigenvalue weighted by atomic mass is 10.2. The Labute approximate surface area is 129 Å². The Bertz CT molecular complexity index is 593. The smallest absolute Gasteiger partial charge is 0.309 e. The molecule has 0 bridgehead atoms. The van der Waals surface area contributed by atoms with E-state index in [1.807, 2.05) is 43.3 Å². The number of esters is 1. The van der Waals surface area contributed by atoms with Gasteiger partial charge < -0.3 is 9.47 Å². The number of rotatable bonds is 6. The molecule has 0 aromatic heterocycles. The summed E-state index contributed by atoms with van der Waals surface area (Å²) in [5.41, 5.74) is 2.03. The molecule has 0 atom stereocenters. The standard InChI is InChI=1S/C17H17ClO3/c1-13-3-2-4-16(11-13)20-10-9-17(19)21-12-14-5-7-15(18)8-6-14/h2-8,11H,9-10,12H2,1H3. The van der Waals surface area contributed by atoms with Crippen LogP contribution < -0.4 is 4.74 Å². The quantitative estimate of drug-likeness (QED) is 0.752. The van der Waals surface area contributed by atoms with E-state index in [0.717, 1.165) is 16.9 Å². The van der Waals surface area contributed by atoms with Crippen molar-refractivity contribution < 1.29 is 14.3 Å². The third kappa shape index (κ3) is 5.48. The minimum absolute atomic E-state index is 0.224. The number of benzene rings is 2. The van der Waals surface area contributed by atoms with Crippen molar-refractivity contribution in [2.75, 3.05) is 6.61 Å². The van der Waals surface area contributed by atoms with E-state index < -0.39 is 0 Å². The first-order valence-electron chi connectivity index (χ1n) is 6.73. The van der Waals surface area contributed by atoms with E-state index in [0.29, 0.717) is 11.6 Å². The maximum absolute atomic E-state index is 11.6. The monoisotopic (exact) mass is 304 g/mol. The molecule has 0 heterocycles. The lowest BCUT2D eigenvalue weighted by Gasteiger charge is -2.07. The van der Waals surface area contributed by atoms with Gasteiger partial charge in [0, 0.05) is 5.02 Å². The topological polar surface area (TPSA) is 35.5 Å². The number of hydrogen-bond acceptors (Lipinski definition) is 3. The zero-order chi connectivity index (χ0) is 15.1. The van der Waals surface area contributed by atoms with Gasteiger partial charge in [-0.25, -0.2) is 0 Å². The summed E-state index contributed by atoms with van der Waals surface area (Å²) < 4.78 is 10.7. The molecule has 110 valence electrons. The number of aryl methyl sites for hydroxylation is 1. The van der Waals surface area contributed by atoms with Crippen molar-refractivity contribution in [3.05, 3.63) is 64.7 Å². The second kappa shape index (κ2) is 7.70. The molecule has 0 saturated carbocycles. The fourth-order valence-corrected chi connectivity index (χ4v) is 1.90. The summed E-state index contributed by atoms with van der Waals surface area (Å²) in [6.07, 6.45) is 0.224. The minimum Gasteiger partial charge on any atom is -0.493 e. The number of ether oxygens (including phenoxy) is 2. The van der Waals surface area contributed by atoms with Gasteiger partial charge in [0.2, 0.25) is 0 Å². The molecular formula is C17H17ClO3. The number of halogens is 1. The van der Waals surface area contributed by atoms with Crippen molar-refractivity contribution in [1.82, 2.24) is 0 Å². The van der Waals surface area contributed by atoms with Crippen molar-refractivity contribution >= 4 is 17.6 Å². The Kier molecular flexibility index (Phi) is 5.64. The predicted octanol–water partition coefficient (Wildman–Crippen LogP) is 4.16. The van der Waals surface area contributed by atoms with Gasteiger partial charge in [0.25, 0.3) is 0 Å². The van der Waals surface area contributed by atoms with E-state index in [9.17, 15) is 4.79 Å². The van der Waals surface area contributed by atoms with Crippen LogP contribution in [0, 0.1) is 6.92 Å². The van der Waals surface area contributed by atoms with Crippen molar-refractivity contribution in [3.8, 4) is 5.75 Å². The molecule has 0 amide bonds. The van der Waals surface area contributed by atoms with E-state index in [1.54, 1.807) is 12.1 Å². The van der Waals surface area contributed by atoms with Gasteiger partial charge >= 0.3 is 5.97 Å². The highest BCUT2D eigenvalue weighted by atomic mass is 35.5. The van der Waals surface area contributed by atoms with Crippen LogP contribution >= 0.6 is 11.6 Å². The zero-order valence-electron chi connectivity index (χ0n) is 11.8. The van der Waals surface area contributed by atoms with Gasteiger partial charge in [-0.15, -0.1) is 0 Å². The van der Waals surface area contributed by atoms with Crippen LogP contribution in [-0.2, 0) is 16.1 Å². The minimum atomic E-state index is -0.280. The van der Waals surface area contributed by atoms with Crippen LogP contribution in [0.25, 0.3) is 0 Å². The molecule has 0 unspecified atom stereocenters. The molecule has 2 aromatic carbocycles. The average molecular weight is 305 g/mol. The lowest BCUT2D eigenvalue weighted by Crippen LogP contribution is -2.10. The van der Waals surface area contributed by atoms with Gasteiger partial charge in [-0.05, 0) is 42.3 Å². The van der Waals surface area contributed by atoms with Crippen LogP contribution in [0.4, 0.5) is 0 Å². The molecule has 0 aliphatic rings. The van der Waals surface area contributed by atoms with Gasteiger partial charge in [-0.3, -0.25) is 4.79 Å². The maximum atomic E-state index is 11.6. The fraction of sp³-hybridized carbons (Fsp3) is 0.235. The predicted molar refractivity (Wildman–Crippen MR) is 82.5 cm³/mol. The molecule has 0 aliphatic carbocycles. The summed E-state index contributed by atoms with van der Waals surface area (Å²) in [6.45, 7) is 2.55. The second-order valence-corrected chi connectivity index (χ2v) is 5.14. The Morgan fingerprint density at radius 2 is 1.90 bits per heavy atom. The van der Waals surface area contributed by atoms with E-state index >= 15 is 0 Å². The van der Waals surface area contributed by atoms with Crippen molar-refractivity contribution in [2.24, 2.45) is 0 Å². The Balaban J connectivity index is 1.69. The molecule has 0 fully saturated rings. The van der Waals surface area contributed by atoms with Crippen LogP contribution in [0.1, 0.15) is 17.5 Å². The lowest BCUT2D eigenvalue weighted by molar-refractivity contribution is -0.145. The van der Waals surface area contributed by atoms with E-state index in [1.165, 1.54) is 0 Å². The first kappa shape index (κ1) is 15.4. The van der Waals surface area contributed by atoms with Gasteiger partial charge in [0.15, 0.2) is 0 Å². The Morgan fingerprint density at radius 1 is 1.14 bits per heavy atom. The fourth-order valence-electron chi connectivity index (χ4n) is 1.77. The molecule has 0 saturated heterocycles. The van der Waals surface area contributed by atoms with Crippen molar-refractivity contribution in [2.45, 2.75) is 20.0 Å². The molecule has 3 nitrogen and oxygen atoms in total. The number of carbonyl (C=O) groups excluding carboxylic acids is 1. The zero-order valence-corrected chi connectivity index (χ0v) is 12.6. The molecule has 0 aliphatic heterocycles. The van der Waals surface area contributed by atoms with E-state index in [4.69, 9.17) is 21.1 Å². The SMILES string of the molecule is Cc1cccc(OCCC(=O)OCc2ccc(Cl)cc2)c1. The first-order valence-corrected chi connectivity index (χ1v) is 7.11. The van der Waals surface area contributed by atoms with Crippen LogP contribution in [0.2, 0.25) is 5.02 Å². The second-order valence-electron chi connectivity index (χ2n) is 4.70. The van der Waals surface area contributed by atoms with Gasteiger partial charge in [-0.2, -0.15) is 0 Å². The average Bonchev–Trinajstić information content (AvgIpc) is 2.47. The van der Waals surface area contributed by atoms with Crippen LogP contribution in [0.3, 0.4) is 0 Å². The highest BCUT2D eigenvalue weighted by Gasteiger charge is 2.04. The number of carbonyl (C=O) groups is 1. The molecule has 0 spiro atoms. The normalized spacial score (nSPS) is 10.2. The summed E-state index contributed by atoms with van der Waals surface area (Å²) in [6, 6.07) is 14.9. The largest absolute Gasteiger partial charge is 0.493 e. The Morgan fingerprint density at radius 3 is 2.62 bits per heavy atom. The number of hydrogen-bond donors (Lipinski definition) is 0. The molecule has 0 N–H and O–H groups in total. The third-order valence-corrected chi connectivity index (χ3v) is 3.13. The van der Waals surface area contributed by atoms with Crippen molar-refractivity contribution in [3.63, 3.8) is 0 Å². The van der Waals surface area contributed by atoms with Gasteiger partial charge in [0.1, 0.15) is 12.4 Å². The summed E-state index contributed by atoms with van der Waals surface area (Å²) in [5, 5.41) is 0.664. The Hall–Kier alpha value is -2.00. The van der Waals surface area contributed by atoms with Crippen LogP contribution in [0.5, 0.6) is 5.75 Å². The van der Waals surface area contributed by atoms with Crippen LogP contribution in [0.15, 0.2) is 48.5 Å². The van der Waals surface area contributed by atoms with Crippen LogP contribution in [-0.4, -0.2) is 12.6 Å². The molecular weight excluding hydrogens is 288 g/mol. The molecule has 4 heteroatoms. The van der Waals surface area contributed by atoms with Gasteiger partial charge in [-0.1, -0.05) is 35.9 Å². The summed E-state index contributed by atoms with van der Waals surface area (Å²) in [5.74, 6) is 0.484. The van der Waals surface area contributed by atoms with E-state index in [2.05, 4.69) is 0 Å². The highest BCUT2D eigenvalue weighted by molar-refractivity contribution is 6.30.